The van der Waals surface area contributed by atoms with Crippen molar-refractivity contribution < 1.29 is 5.11 Å². The fourth-order valence-electron chi connectivity index (χ4n) is 1.67. The van der Waals surface area contributed by atoms with E-state index in [-0.39, 0.29) is 5.75 Å². The molecule has 5 nitrogen and oxygen atoms in total. The van der Waals surface area contributed by atoms with Gasteiger partial charge in [0.25, 0.3) is 0 Å². The predicted molar refractivity (Wildman–Crippen MR) is 56.6 cm³/mol. The molecule has 15 heavy (non-hydrogen) atoms. The van der Waals surface area contributed by atoms with Crippen molar-refractivity contribution in [2.45, 2.75) is 0 Å². The Labute approximate surface area is 84.8 Å². The fraction of sp³-hybridized carbons (Fsp3) is 0. The molecule has 5 heteroatoms. The minimum absolute atomic E-state index is 0.0281. The first-order valence-electron chi connectivity index (χ1n) is 4.48. The van der Waals surface area contributed by atoms with Gasteiger partial charge in [-0.25, -0.2) is 9.97 Å². The van der Waals surface area contributed by atoms with Crippen molar-refractivity contribution in [2.24, 2.45) is 0 Å². The van der Waals surface area contributed by atoms with Gasteiger partial charge in [0.15, 0.2) is 11.4 Å². The Bertz CT molecular complexity index is 659. The van der Waals surface area contributed by atoms with Crippen LogP contribution in [0, 0.1) is 0 Å². The number of aromatic hydroxyl groups is 1. The van der Waals surface area contributed by atoms with Crippen molar-refractivity contribution in [1.82, 2.24) is 14.4 Å². The molecule has 0 aliphatic rings. The zero-order chi connectivity index (χ0) is 10.4. The molecule has 0 atom stereocenters. The minimum Gasteiger partial charge on any atom is -0.503 e. The number of nitrogen functional groups attached to an aromatic ring is 1. The molecule has 0 saturated carbocycles. The van der Waals surface area contributed by atoms with Crippen molar-refractivity contribution >= 4 is 22.6 Å². The van der Waals surface area contributed by atoms with Gasteiger partial charge in [-0.05, 0) is 12.1 Å². The van der Waals surface area contributed by atoms with E-state index in [1.165, 1.54) is 6.20 Å². The first-order valence-corrected chi connectivity index (χ1v) is 4.48. The summed E-state index contributed by atoms with van der Waals surface area (Å²) in [5, 5.41) is 9.60. The summed E-state index contributed by atoms with van der Waals surface area (Å²) in [6.07, 6.45) is 1.30. The van der Waals surface area contributed by atoms with Gasteiger partial charge in [-0.1, -0.05) is 12.1 Å². The molecule has 0 spiro atoms. The number of aromatic nitrogens is 3. The molecule has 0 aliphatic carbocycles. The molecule has 3 aromatic rings. The summed E-state index contributed by atoms with van der Waals surface area (Å²) >= 11 is 0. The monoisotopic (exact) mass is 200 g/mol. The Balaban J connectivity index is 2.66. The molecular weight excluding hydrogens is 192 g/mol. The van der Waals surface area contributed by atoms with Gasteiger partial charge in [0.2, 0.25) is 5.95 Å². The second kappa shape index (κ2) is 2.60. The first-order chi connectivity index (χ1) is 7.27. The lowest BCUT2D eigenvalue weighted by Gasteiger charge is -2.00. The zero-order valence-electron chi connectivity index (χ0n) is 7.75. The summed E-state index contributed by atoms with van der Waals surface area (Å²) in [4.78, 5) is 8.15. The van der Waals surface area contributed by atoms with Gasteiger partial charge in [-0.3, -0.25) is 4.40 Å². The molecule has 0 bridgehead atoms. The van der Waals surface area contributed by atoms with Crippen LogP contribution in [0.15, 0.2) is 30.5 Å². The molecular formula is C10H8N4O. The Morgan fingerprint density at radius 1 is 1.27 bits per heavy atom. The average Bonchev–Trinajstić information content (AvgIpc) is 2.64. The highest BCUT2D eigenvalue weighted by atomic mass is 16.3. The van der Waals surface area contributed by atoms with Crippen LogP contribution in [0.4, 0.5) is 5.95 Å². The van der Waals surface area contributed by atoms with Gasteiger partial charge in [0.05, 0.1) is 17.2 Å². The number of fused-ring (bicyclic) bond motifs is 3. The Hall–Kier alpha value is -2.30. The van der Waals surface area contributed by atoms with E-state index in [1.54, 1.807) is 4.40 Å². The Kier molecular flexibility index (Phi) is 1.39. The van der Waals surface area contributed by atoms with Crippen LogP contribution in [0.1, 0.15) is 0 Å². The molecule has 74 valence electrons. The third kappa shape index (κ3) is 0.969. The van der Waals surface area contributed by atoms with E-state index < -0.39 is 0 Å². The number of nitrogens with two attached hydrogens (primary N) is 1. The van der Waals surface area contributed by atoms with Crippen LogP contribution in [0.2, 0.25) is 0 Å². The molecule has 0 fully saturated rings. The molecule has 3 N–H and O–H groups in total. The van der Waals surface area contributed by atoms with Gasteiger partial charge < -0.3 is 10.8 Å². The number of imidazole rings is 1. The van der Waals surface area contributed by atoms with Crippen LogP contribution in [0.5, 0.6) is 5.75 Å². The number of anilines is 1. The SMILES string of the molecule is Nc1ncc(O)c2nc3ccccc3n12. The lowest BCUT2D eigenvalue weighted by atomic mass is 10.3. The molecule has 1 aromatic carbocycles. The Morgan fingerprint density at radius 2 is 2.07 bits per heavy atom. The molecule has 3 rings (SSSR count). The van der Waals surface area contributed by atoms with Gasteiger partial charge >= 0.3 is 0 Å². The van der Waals surface area contributed by atoms with E-state index in [0.717, 1.165) is 11.0 Å². The van der Waals surface area contributed by atoms with E-state index in [4.69, 9.17) is 5.73 Å². The summed E-state index contributed by atoms with van der Waals surface area (Å²) in [5.74, 6) is 0.344. The summed E-state index contributed by atoms with van der Waals surface area (Å²) in [7, 11) is 0. The van der Waals surface area contributed by atoms with E-state index >= 15 is 0 Å². The van der Waals surface area contributed by atoms with Crippen LogP contribution in [-0.4, -0.2) is 19.5 Å². The predicted octanol–water partition coefficient (Wildman–Crippen LogP) is 1.17. The maximum absolute atomic E-state index is 9.60. The average molecular weight is 200 g/mol. The van der Waals surface area contributed by atoms with E-state index in [2.05, 4.69) is 9.97 Å². The second-order valence-electron chi connectivity index (χ2n) is 3.26. The number of benzene rings is 1. The third-order valence-corrected chi connectivity index (χ3v) is 2.34. The highest BCUT2D eigenvalue weighted by molar-refractivity contribution is 5.83. The zero-order valence-corrected chi connectivity index (χ0v) is 7.75. The topological polar surface area (TPSA) is 76.4 Å². The molecule has 2 heterocycles. The standard InChI is InChI=1S/C10H8N4O/c11-10-12-5-8(15)9-13-6-3-1-2-4-7(6)14(9)10/h1-5,15H,(H2,11,12). The maximum atomic E-state index is 9.60. The molecule has 2 aromatic heterocycles. The van der Waals surface area contributed by atoms with Gasteiger partial charge in [0, 0.05) is 0 Å². The Morgan fingerprint density at radius 3 is 2.93 bits per heavy atom. The van der Waals surface area contributed by atoms with Crippen LogP contribution in [-0.2, 0) is 0 Å². The smallest absolute Gasteiger partial charge is 0.206 e. The normalized spacial score (nSPS) is 11.2. The van der Waals surface area contributed by atoms with E-state index in [0.29, 0.717) is 11.6 Å². The van der Waals surface area contributed by atoms with Gasteiger partial charge in [-0.15, -0.1) is 0 Å². The number of hydrogen-bond donors (Lipinski definition) is 2. The summed E-state index contributed by atoms with van der Waals surface area (Å²) in [6.45, 7) is 0. The lowest BCUT2D eigenvalue weighted by Crippen LogP contribution is -1.99. The second-order valence-corrected chi connectivity index (χ2v) is 3.26. The first kappa shape index (κ1) is 8.05. The number of para-hydroxylation sites is 2. The molecule has 0 saturated heterocycles. The summed E-state index contributed by atoms with van der Waals surface area (Å²) in [5.41, 5.74) is 7.80. The quantitative estimate of drug-likeness (QED) is 0.571. The molecule has 0 unspecified atom stereocenters. The van der Waals surface area contributed by atoms with Crippen LogP contribution < -0.4 is 5.73 Å². The lowest BCUT2D eigenvalue weighted by molar-refractivity contribution is 0.475. The number of rotatable bonds is 0. The third-order valence-electron chi connectivity index (χ3n) is 2.34. The van der Waals surface area contributed by atoms with Crippen LogP contribution in [0.3, 0.4) is 0 Å². The van der Waals surface area contributed by atoms with Crippen molar-refractivity contribution in [2.75, 3.05) is 5.73 Å². The van der Waals surface area contributed by atoms with Gasteiger partial charge in [0.1, 0.15) is 0 Å². The maximum Gasteiger partial charge on any atom is 0.206 e. The molecule has 0 radical (unpaired) electrons. The van der Waals surface area contributed by atoms with Gasteiger partial charge in [-0.2, -0.15) is 0 Å². The van der Waals surface area contributed by atoms with Crippen LogP contribution >= 0.6 is 0 Å². The van der Waals surface area contributed by atoms with Crippen molar-refractivity contribution in [3.63, 3.8) is 0 Å². The largest absolute Gasteiger partial charge is 0.503 e. The fourth-order valence-corrected chi connectivity index (χ4v) is 1.67. The minimum atomic E-state index is 0.0281. The summed E-state index contributed by atoms with van der Waals surface area (Å²) < 4.78 is 1.63. The number of nitrogens with zero attached hydrogens (tertiary/aromatic N) is 3. The summed E-state index contributed by atoms with van der Waals surface area (Å²) in [6, 6.07) is 7.52. The number of hydrogen-bond acceptors (Lipinski definition) is 4. The van der Waals surface area contributed by atoms with E-state index in [9.17, 15) is 5.11 Å². The van der Waals surface area contributed by atoms with E-state index in [1.807, 2.05) is 24.3 Å². The van der Waals surface area contributed by atoms with Crippen molar-refractivity contribution in [3.8, 4) is 5.75 Å². The van der Waals surface area contributed by atoms with Crippen molar-refractivity contribution in [3.05, 3.63) is 30.5 Å². The van der Waals surface area contributed by atoms with Crippen molar-refractivity contribution in [1.29, 1.82) is 0 Å². The molecule has 0 amide bonds. The molecule has 0 aliphatic heterocycles. The highest BCUT2D eigenvalue weighted by Gasteiger charge is 2.10. The highest BCUT2D eigenvalue weighted by Crippen LogP contribution is 2.24. The van der Waals surface area contributed by atoms with Crippen LogP contribution in [0.25, 0.3) is 16.7 Å².